The summed E-state index contributed by atoms with van der Waals surface area (Å²) >= 11 is 12.0. The largest absolute Gasteiger partial charge is 0.494 e. The SMILES string of the molecule is Oc1c2c(c(O)n1-c1cc(Cl)cc(Cl)c1)[C@H]1CC[C@@H]2C1. The molecule has 1 aromatic heterocycles. The van der Waals surface area contributed by atoms with Crippen molar-refractivity contribution in [1.29, 1.82) is 0 Å². The lowest BCUT2D eigenvalue weighted by atomic mass is 9.95. The predicted molar refractivity (Wildman–Crippen MR) is 78.5 cm³/mol. The maximum absolute atomic E-state index is 10.5. The molecule has 1 saturated carbocycles. The van der Waals surface area contributed by atoms with Crippen molar-refractivity contribution in [2.24, 2.45) is 0 Å². The summed E-state index contributed by atoms with van der Waals surface area (Å²) in [5.74, 6) is 1.000. The van der Waals surface area contributed by atoms with Crippen LogP contribution in [0.5, 0.6) is 11.8 Å². The van der Waals surface area contributed by atoms with Crippen LogP contribution in [0.2, 0.25) is 10.0 Å². The van der Waals surface area contributed by atoms with Crippen LogP contribution >= 0.6 is 23.2 Å². The first-order valence-electron chi connectivity index (χ1n) is 6.69. The number of aromatic hydroxyl groups is 2. The Morgan fingerprint density at radius 3 is 1.90 bits per heavy atom. The second-order valence-corrected chi connectivity index (χ2v) is 6.52. The number of aromatic nitrogens is 1. The van der Waals surface area contributed by atoms with Crippen LogP contribution in [-0.4, -0.2) is 14.8 Å². The molecule has 0 amide bonds. The standard InChI is InChI=1S/C15H13Cl2NO2/c16-9-4-10(17)6-11(5-9)18-14(19)12-7-1-2-8(3-7)13(12)15(18)20/h4-8,19-20H,1-3H2/t7-,8+. The fraction of sp³-hybridized carbons (Fsp3) is 0.333. The Morgan fingerprint density at radius 2 is 1.40 bits per heavy atom. The van der Waals surface area contributed by atoms with E-state index in [-0.39, 0.29) is 11.8 Å². The monoisotopic (exact) mass is 309 g/mol. The van der Waals surface area contributed by atoms with Gasteiger partial charge < -0.3 is 10.2 Å². The van der Waals surface area contributed by atoms with Gasteiger partial charge in [0.1, 0.15) is 0 Å². The lowest BCUT2D eigenvalue weighted by Gasteiger charge is -2.10. The van der Waals surface area contributed by atoms with Crippen LogP contribution in [0, 0.1) is 0 Å². The maximum atomic E-state index is 10.5. The third kappa shape index (κ3) is 1.54. The molecule has 0 unspecified atom stereocenters. The molecular formula is C15H13Cl2NO2. The van der Waals surface area contributed by atoms with E-state index in [9.17, 15) is 10.2 Å². The molecule has 5 heteroatoms. The Bertz CT molecular complexity index is 669. The molecule has 0 radical (unpaired) electrons. The van der Waals surface area contributed by atoms with Crippen molar-refractivity contribution in [2.45, 2.75) is 31.1 Å². The third-order valence-electron chi connectivity index (χ3n) is 4.55. The zero-order chi connectivity index (χ0) is 14.0. The second-order valence-electron chi connectivity index (χ2n) is 5.64. The van der Waals surface area contributed by atoms with Crippen LogP contribution in [0.25, 0.3) is 5.69 Å². The van der Waals surface area contributed by atoms with E-state index in [1.165, 1.54) is 4.57 Å². The lowest BCUT2D eigenvalue weighted by molar-refractivity contribution is 0.394. The topological polar surface area (TPSA) is 45.4 Å². The Balaban J connectivity index is 1.96. The number of fused-ring (bicyclic) bond motifs is 5. The molecule has 2 atom stereocenters. The van der Waals surface area contributed by atoms with Crippen LogP contribution in [0.4, 0.5) is 0 Å². The quantitative estimate of drug-likeness (QED) is 0.811. The summed E-state index contributed by atoms with van der Waals surface area (Å²) in [6.07, 6.45) is 3.22. The number of halogens is 2. The van der Waals surface area contributed by atoms with E-state index < -0.39 is 0 Å². The van der Waals surface area contributed by atoms with E-state index in [1.54, 1.807) is 18.2 Å². The second kappa shape index (κ2) is 4.09. The van der Waals surface area contributed by atoms with Crippen molar-refractivity contribution in [2.75, 3.05) is 0 Å². The smallest absolute Gasteiger partial charge is 0.202 e. The van der Waals surface area contributed by atoms with Crippen LogP contribution < -0.4 is 0 Å². The number of nitrogens with zero attached hydrogens (tertiary/aromatic N) is 1. The molecule has 2 bridgehead atoms. The molecule has 20 heavy (non-hydrogen) atoms. The Kier molecular flexibility index (Phi) is 2.54. The average molecular weight is 310 g/mol. The highest BCUT2D eigenvalue weighted by molar-refractivity contribution is 6.34. The first kappa shape index (κ1) is 12.4. The van der Waals surface area contributed by atoms with Gasteiger partial charge in [0.05, 0.1) is 5.69 Å². The molecule has 0 saturated heterocycles. The summed E-state index contributed by atoms with van der Waals surface area (Å²) < 4.78 is 1.45. The van der Waals surface area contributed by atoms with Gasteiger partial charge in [0.25, 0.3) is 0 Å². The van der Waals surface area contributed by atoms with Crippen molar-refractivity contribution in [3.8, 4) is 17.4 Å². The van der Waals surface area contributed by atoms with Gasteiger partial charge >= 0.3 is 0 Å². The highest BCUT2D eigenvalue weighted by atomic mass is 35.5. The lowest BCUT2D eigenvalue weighted by Crippen LogP contribution is -1.95. The molecule has 1 fully saturated rings. The number of hydrogen-bond donors (Lipinski definition) is 2. The maximum Gasteiger partial charge on any atom is 0.202 e. The molecule has 2 aliphatic carbocycles. The molecule has 3 nitrogen and oxygen atoms in total. The summed E-state index contributed by atoms with van der Waals surface area (Å²) in [6.45, 7) is 0. The molecule has 104 valence electrons. The summed E-state index contributed by atoms with van der Waals surface area (Å²) in [5, 5.41) is 22.0. The number of benzene rings is 1. The zero-order valence-corrected chi connectivity index (χ0v) is 12.1. The normalized spacial score (nSPS) is 23.3. The molecule has 0 aliphatic heterocycles. The Labute approximate surface area is 126 Å². The Morgan fingerprint density at radius 1 is 0.900 bits per heavy atom. The number of hydrogen-bond acceptors (Lipinski definition) is 2. The highest BCUT2D eigenvalue weighted by Gasteiger charge is 2.44. The molecule has 2 N–H and O–H groups in total. The van der Waals surface area contributed by atoms with Gasteiger partial charge in [-0.2, -0.15) is 0 Å². The fourth-order valence-corrected chi connectivity index (χ4v) is 4.32. The van der Waals surface area contributed by atoms with Gasteiger partial charge in [-0.1, -0.05) is 23.2 Å². The average Bonchev–Trinajstić information content (AvgIpc) is 3.02. The van der Waals surface area contributed by atoms with Crippen molar-refractivity contribution < 1.29 is 10.2 Å². The van der Waals surface area contributed by atoms with Crippen LogP contribution in [-0.2, 0) is 0 Å². The van der Waals surface area contributed by atoms with E-state index in [0.717, 1.165) is 30.4 Å². The van der Waals surface area contributed by atoms with Crippen molar-refractivity contribution in [1.82, 2.24) is 4.57 Å². The minimum Gasteiger partial charge on any atom is -0.494 e. The van der Waals surface area contributed by atoms with E-state index in [1.807, 2.05) is 0 Å². The summed E-state index contributed by atoms with van der Waals surface area (Å²) in [7, 11) is 0. The zero-order valence-electron chi connectivity index (χ0n) is 10.6. The minimum absolute atomic E-state index is 0.128. The molecule has 4 rings (SSSR count). The third-order valence-corrected chi connectivity index (χ3v) is 4.99. The molecule has 2 aliphatic rings. The van der Waals surface area contributed by atoms with Crippen LogP contribution in [0.15, 0.2) is 18.2 Å². The van der Waals surface area contributed by atoms with E-state index in [2.05, 4.69) is 0 Å². The van der Waals surface area contributed by atoms with Gasteiger partial charge in [-0.15, -0.1) is 0 Å². The fourth-order valence-electron chi connectivity index (χ4n) is 3.81. The van der Waals surface area contributed by atoms with Crippen molar-refractivity contribution in [3.05, 3.63) is 39.4 Å². The van der Waals surface area contributed by atoms with Crippen LogP contribution in [0.1, 0.15) is 42.2 Å². The summed E-state index contributed by atoms with van der Waals surface area (Å²) in [5.41, 5.74) is 2.41. The molecule has 2 aromatic rings. The highest BCUT2D eigenvalue weighted by Crippen LogP contribution is 2.60. The molecule has 0 spiro atoms. The predicted octanol–water partition coefficient (Wildman–Crippen LogP) is 4.56. The van der Waals surface area contributed by atoms with Crippen molar-refractivity contribution >= 4 is 23.2 Å². The van der Waals surface area contributed by atoms with Crippen molar-refractivity contribution in [3.63, 3.8) is 0 Å². The molecule has 1 heterocycles. The minimum atomic E-state index is 0.128. The number of rotatable bonds is 1. The van der Waals surface area contributed by atoms with Gasteiger partial charge in [0, 0.05) is 21.2 Å². The van der Waals surface area contributed by atoms with Gasteiger partial charge in [-0.05, 0) is 49.3 Å². The van der Waals surface area contributed by atoms with Gasteiger partial charge in [0.2, 0.25) is 11.8 Å². The van der Waals surface area contributed by atoms with Gasteiger partial charge in [0.15, 0.2) is 0 Å². The summed E-state index contributed by atoms with van der Waals surface area (Å²) in [4.78, 5) is 0. The molecule has 1 aromatic carbocycles. The van der Waals surface area contributed by atoms with E-state index >= 15 is 0 Å². The van der Waals surface area contributed by atoms with Crippen LogP contribution in [0.3, 0.4) is 0 Å². The first-order chi connectivity index (χ1) is 9.56. The first-order valence-corrected chi connectivity index (χ1v) is 7.44. The van der Waals surface area contributed by atoms with E-state index in [4.69, 9.17) is 23.2 Å². The van der Waals surface area contributed by atoms with E-state index in [0.29, 0.717) is 27.6 Å². The van der Waals surface area contributed by atoms with Gasteiger partial charge in [-0.3, -0.25) is 4.57 Å². The molecular weight excluding hydrogens is 297 g/mol. The Hall–Kier alpha value is -1.32. The summed E-state index contributed by atoms with van der Waals surface area (Å²) in [6, 6.07) is 5.00. The van der Waals surface area contributed by atoms with Gasteiger partial charge in [-0.25, -0.2) is 0 Å².